The van der Waals surface area contributed by atoms with Gasteiger partial charge in [0.05, 0.1) is 17.6 Å². The van der Waals surface area contributed by atoms with Crippen molar-refractivity contribution in [3.8, 4) is 0 Å². The molecule has 0 amide bonds. The zero-order valence-electron chi connectivity index (χ0n) is 17.4. The van der Waals surface area contributed by atoms with Crippen molar-refractivity contribution in [3.05, 3.63) is 64.7 Å². The second kappa shape index (κ2) is 8.60. The average Bonchev–Trinajstić information content (AvgIpc) is 3.25. The minimum absolute atomic E-state index is 0.117. The number of methoxy groups -OCH3 is 1. The van der Waals surface area contributed by atoms with E-state index in [1.165, 1.54) is 7.11 Å². The quantitative estimate of drug-likeness (QED) is 0.646. The van der Waals surface area contributed by atoms with Gasteiger partial charge in [0.15, 0.2) is 14.6 Å². The third-order valence-corrected chi connectivity index (χ3v) is 8.28. The van der Waals surface area contributed by atoms with Crippen molar-refractivity contribution in [2.24, 2.45) is 0 Å². The van der Waals surface area contributed by atoms with Crippen LogP contribution in [0, 0.1) is 13.8 Å². The fourth-order valence-electron chi connectivity index (χ4n) is 3.82. The highest BCUT2D eigenvalue weighted by atomic mass is 32.2. The average molecular weight is 431 g/mol. The SMILES string of the molecule is COC(=O)c1cccc(COC(=O)C2(S(=O)(=O)c3ccc(C)c(C)c3)CCCC2)c1. The Labute approximate surface area is 177 Å². The summed E-state index contributed by atoms with van der Waals surface area (Å²) < 4.78 is 35.6. The van der Waals surface area contributed by atoms with Crippen LogP contribution in [0.2, 0.25) is 0 Å². The summed E-state index contributed by atoms with van der Waals surface area (Å²) in [6.45, 7) is 3.64. The number of benzene rings is 2. The Morgan fingerprint density at radius 1 is 1.00 bits per heavy atom. The molecule has 2 aromatic carbocycles. The molecule has 0 aliphatic heterocycles. The fraction of sp³-hybridized carbons (Fsp3) is 0.391. The van der Waals surface area contributed by atoms with Crippen LogP contribution in [0.5, 0.6) is 0 Å². The van der Waals surface area contributed by atoms with Crippen molar-refractivity contribution in [1.29, 1.82) is 0 Å². The van der Waals surface area contributed by atoms with E-state index >= 15 is 0 Å². The normalized spacial score (nSPS) is 15.6. The van der Waals surface area contributed by atoms with Crippen molar-refractivity contribution in [3.63, 3.8) is 0 Å². The molecule has 0 heterocycles. The number of hydrogen-bond acceptors (Lipinski definition) is 6. The zero-order chi connectivity index (χ0) is 21.9. The Hall–Kier alpha value is -2.67. The van der Waals surface area contributed by atoms with Gasteiger partial charge in [-0.1, -0.05) is 31.0 Å². The molecule has 160 valence electrons. The number of aryl methyl sites for hydroxylation is 2. The molecule has 0 unspecified atom stereocenters. The first-order valence-electron chi connectivity index (χ1n) is 9.88. The first-order valence-corrected chi connectivity index (χ1v) is 11.4. The number of sulfone groups is 1. The minimum Gasteiger partial charge on any atom is -0.465 e. The summed E-state index contributed by atoms with van der Waals surface area (Å²) in [5, 5.41) is 0. The van der Waals surface area contributed by atoms with Crippen LogP contribution in [0.3, 0.4) is 0 Å². The Kier molecular flexibility index (Phi) is 6.31. The molecule has 30 heavy (non-hydrogen) atoms. The van der Waals surface area contributed by atoms with E-state index in [9.17, 15) is 18.0 Å². The third kappa shape index (κ3) is 3.99. The van der Waals surface area contributed by atoms with Crippen LogP contribution in [-0.2, 0) is 30.7 Å². The van der Waals surface area contributed by atoms with Crippen LogP contribution in [0.25, 0.3) is 0 Å². The van der Waals surface area contributed by atoms with Crippen molar-refractivity contribution < 1.29 is 27.5 Å². The maximum absolute atomic E-state index is 13.5. The number of rotatable bonds is 6. The van der Waals surface area contributed by atoms with Gasteiger partial charge >= 0.3 is 11.9 Å². The van der Waals surface area contributed by atoms with Crippen molar-refractivity contribution in [2.45, 2.75) is 55.8 Å². The van der Waals surface area contributed by atoms with Gasteiger partial charge in [-0.3, -0.25) is 4.79 Å². The number of carbonyl (C=O) groups is 2. The third-order valence-electron chi connectivity index (χ3n) is 5.80. The van der Waals surface area contributed by atoms with Gasteiger partial charge in [0, 0.05) is 0 Å². The predicted octanol–water partition coefficient (Wildman–Crippen LogP) is 3.92. The fourth-order valence-corrected chi connectivity index (χ4v) is 5.96. The molecule has 0 bridgehead atoms. The molecule has 0 radical (unpaired) electrons. The molecule has 1 aliphatic carbocycles. The first-order chi connectivity index (χ1) is 14.2. The molecule has 1 saturated carbocycles. The van der Waals surface area contributed by atoms with Crippen LogP contribution in [0.15, 0.2) is 47.4 Å². The number of ether oxygens (including phenoxy) is 2. The Morgan fingerprint density at radius 3 is 2.33 bits per heavy atom. The van der Waals surface area contributed by atoms with Crippen molar-refractivity contribution in [2.75, 3.05) is 7.11 Å². The predicted molar refractivity (Wildman–Crippen MR) is 112 cm³/mol. The van der Waals surface area contributed by atoms with Gasteiger partial charge in [0.2, 0.25) is 0 Å². The molecule has 3 rings (SSSR count). The van der Waals surface area contributed by atoms with Gasteiger partial charge < -0.3 is 9.47 Å². The standard InChI is InChI=1S/C23H26O6S/c1-16-9-10-20(13-17(16)2)30(26,27)23(11-4-5-12-23)22(25)29-15-18-7-6-8-19(14-18)21(24)28-3/h6-10,13-14H,4-5,11-12,15H2,1-3H3. The second-order valence-corrected chi connectivity index (χ2v) is 9.98. The maximum Gasteiger partial charge on any atom is 0.337 e. The summed E-state index contributed by atoms with van der Waals surface area (Å²) in [7, 11) is -2.63. The highest BCUT2D eigenvalue weighted by Gasteiger charge is 2.54. The molecule has 2 aromatic rings. The largest absolute Gasteiger partial charge is 0.465 e. The molecule has 6 nitrogen and oxygen atoms in total. The summed E-state index contributed by atoms with van der Waals surface area (Å²) in [6, 6.07) is 11.5. The lowest BCUT2D eigenvalue weighted by Crippen LogP contribution is -2.45. The molecule has 0 aromatic heterocycles. The molecule has 1 aliphatic rings. The summed E-state index contributed by atoms with van der Waals surface area (Å²) >= 11 is 0. The molecule has 0 spiro atoms. The highest BCUT2D eigenvalue weighted by molar-refractivity contribution is 7.93. The number of hydrogen-bond donors (Lipinski definition) is 0. The Balaban J connectivity index is 1.86. The smallest absolute Gasteiger partial charge is 0.337 e. The van der Waals surface area contributed by atoms with Gasteiger partial charge in [0.25, 0.3) is 0 Å². The van der Waals surface area contributed by atoms with Crippen LogP contribution in [0.4, 0.5) is 0 Å². The van der Waals surface area contributed by atoms with E-state index in [1.54, 1.807) is 42.5 Å². The zero-order valence-corrected chi connectivity index (χ0v) is 18.3. The van der Waals surface area contributed by atoms with E-state index in [-0.39, 0.29) is 24.3 Å². The van der Waals surface area contributed by atoms with Gasteiger partial charge in [0.1, 0.15) is 6.61 Å². The van der Waals surface area contributed by atoms with E-state index in [0.29, 0.717) is 24.0 Å². The molecular weight excluding hydrogens is 404 g/mol. The molecule has 7 heteroatoms. The minimum atomic E-state index is -3.92. The topological polar surface area (TPSA) is 86.7 Å². The summed E-state index contributed by atoms with van der Waals surface area (Å²) in [6.07, 6.45) is 1.78. The molecule has 0 N–H and O–H groups in total. The lowest BCUT2D eigenvalue weighted by atomic mass is 10.1. The Morgan fingerprint density at radius 2 is 1.70 bits per heavy atom. The first kappa shape index (κ1) is 22.0. The van der Waals surface area contributed by atoms with Gasteiger partial charge in [-0.25, -0.2) is 13.2 Å². The number of carbonyl (C=O) groups excluding carboxylic acids is 2. The molecule has 0 saturated heterocycles. The lowest BCUT2D eigenvalue weighted by Gasteiger charge is -2.27. The highest BCUT2D eigenvalue weighted by Crippen LogP contribution is 2.42. The summed E-state index contributed by atoms with van der Waals surface area (Å²) in [5.74, 6) is -1.23. The number of esters is 2. The summed E-state index contributed by atoms with van der Waals surface area (Å²) in [5.41, 5.74) is 2.77. The lowest BCUT2D eigenvalue weighted by molar-refractivity contribution is -0.148. The van der Waals surface area contributed by atoms with Crippen LogP contribution in [0.1, 0.15) is 52.7 Å². The molecule has 1 fully saturated rings. The van der Waals surface area contributed by atoms with E-state index in [1.807, 2.05) is 13.8 Å². The van der Waals surface area contributed by atoms with E-state index in [2.05, 4.69) is 0 Å². The summed E-state index contributed by atoms with van der Waals surface area (Å²) in [4.78, 5) is 24.9. The van der Waals surface area contributed by atoms with Gasteiger partial charge in [-0.15, -0.1) is 0 Å². The maximum atomic E-state index is 13.5. The van der Waals surface area contributed by atoms with Crippen LogP contribution in [-0.4, -0.2) is 32.2 Å². The van der Waals surface area contributed by atoms with Gasteiger partial charge in [-0.05, 0) is 67.6 Å². The van der Waals surface area contributed by atoms with E-state index in [0.717, 1.165) is 11.1 Å². The van der Waals surface area contributed by atoms with E-state index in [4.69, 9.17) is 9.47 Å². The van der Waals surface area contributed by atoms with Crippen molar-refractivity contribution in [1.82, 2.24) is 0 Å². The molecular formula is C23H26O6S. The Bertz CT molecular complexity index is 1060. The monoisotopic (exact) mass is 430 g/mol. The van der Waals surface area contributed by atoms with E-state index < -0.39 is 26.5 Å². The molecule has 0 atom stereocenters. The van der Waals surface area contributed by atoms with Crippen LogP contribution >= 0.6 is 0 Å². The van der Waals surface area contributed by atoms with Crippen molar-refractivity contribution >= 4 is 21.8 Å². The van der Waals surface area contributed by atoms with Gasteiger partial charge in [-0.2, -0.15) is 0 Å². The second-order valence-electron chi connectivity index (χ2n) is 7.72. The van der Waals surface area contributed by atoms with Crippen LogP contribution < -0.4 is 0 Å².